The van der Waals surface area contributed by atoms with Gasteiger partial charge < -0.3 is 14.0 Å². The number of ether oxygens (including phenoxy) is 2. The zero-order valence-electron chi connectivity index (χ0n) is 13.9. The molecule has 0 aliphatic carbocycles. The normalized spacial score (nSPS) is 11.9. The lowest BCUT2D eigenvalue weighted by Crippen LogP contribution is -2.19. The van der Waals surface area contributed by atoms with Crippen molar-refractivity contribution in [3.05, 3.63) is 57.9 Å². The van der Waals surface area contributed by atoms with Crippen molar-refractivity contribution in [3.8, 4) is 5.75 Å². The van der Waals surface area contributed by atoms with E-state index in [1.165, 1.54) is 18.4 Å². The summed E-state index contributed by atoms with van der Waals surface area (Å²) >= 11 is 7.48. The standard InChI is InChI=1S/C18H17ClN2O3S/c1-23-10-9-21-14-5-3-4-6-16(14)25-18(21)20-17(22)13-11-12(19)7-8-15(13)24-2/h3-8,11H,9-10H2,1-2H3/b20-18-. The quantitative estimate of drug-likeness (QED) is 0.681. The van der Waals surface area contributed by atoms with Gasteiger partial charge in [-0.25, -0.2) is 0 Å². The van der Waals surface area contributed by atoms with Crippen LogP contribution in [0.4, 0.5) is 0 Å². The Bertz CT molecular complexity index is 978. The molecule has 7 heteroatoms. The number of halogens is 1. The molecule has 0 atom stereocenters. The average molecular weight is 377 g/mol. The zero-order chi connectivity index (χ0) is 17.8. The van der Waals surface area contributed by atoms with Gasteiger partial charge in [0.15, 0.2) is 4.80 Å². The van der Waals surface area contributed by atoms with Crippen LogP contribution < -0.4 is 9.54 Å². The predicted molar refractivity (Wildman–Crippen MR) is 99.6 cm³/mol. The second-order valence-corrected chi connectivity index (χ2v) is 6.70. The Balaban J connectivity index is 2.12. The third-order valence-electron chi connectivity index (χ3n) is 3.70. The van der Waals surface area contributed by atoms with Gasteiger partial charge in [-0.1, -0.05) is 35.1 Å². The summed E-state index contributed by atoms with van der Waals surface area (Å²) in [6.45, 7) is 1.14. The van der Waals surface area contributed by atoms with Gasteiger partial charge in [-0.15, -0.1) is 0 Å². The highest BCUT2D eigenvalue weighted by Crippen LogP contribution is 2.23. The van der Waals surface area contributed by atoms with Crippen molar-refractivity contribution >= 4 is 39.1 Å². The van der Waals surface area contributed by atoms with Crippen molar-refractivity contribution in [1.82, 2.24) is 4.57 Å². The minimum Gasteiger partial charge on any atom is -0.496 e. The summed E-state index contributed by atoms with van der Waals surface area (Å²) < 4.78 is 13.5. The number of para-hydroxylation sites is 1. The van der Waals surface area contributed by atoms with Crippen LogP contribution in [0.1, 0.15) is 10.4 Å². The van der Waals surface area contributed by atoms with E-state index < -0.39 is 5.91 Å². The maximum absolute atomic E-state index is 12.7. The van der Waals surface area contributed by atoms with Gasteiger partial charge in [-0.3, -0.25) is 4.79 Å². The highest BCUT2D eigenvalue weighted by Gasteiger charge is 2.14. The molecular weight excluding hydrogens is 360 g/mol. The van der Waals surface area contributed by atoms with Crippen LogP contribution in [0.2, 0.25) is 5.02 Å². The van der Waals surface area contributed by atoms with Crippen molar-refractivity contribution in [2.24, 2.45) is 4.99 Å². The smallest absolute Gasteiger partial charge is 0.283 e. The summed E-state index contributed by atoms with van der Waals surface area (Å²) in [7, 11) is 3.16. The third kappa shape index (κ3) is 3.76. The van der Waals surface area contributed by atoms with Crippen LogP contribution >= 0.6 is 22.9 Å². The second-order valence-electron chi connectivity index (χ2n) is 5.26. The average Bonchev–Trinajstić information content (AvgIpc) is 2.96. The summed E-state index contributed by atoms with van der Waals surface area (Å²) in [5, 5.41) is 0.461. The number of fused-ring (bicyclic) bond motifs is 1. The highest BCUT2D eigenvalue weighted by molar-refractivity contribution is 7.16. The van der Waals surface area contributed by atoms with Crippen molar-refractivity contribution in [1.29, 1.82) is 0 Å². The van der Waals surface area contributed by atoms with E-state index in [4.69, 9.17) is 21.1 Å². The number of aromatic nitrogens is 1. The molecule has 0 saturated carbocycles. The Morgan fingerprint density at radius 3 is 2.80 bits per heavy atom. The molecule has 0 saturated heterocycles. The molecule has 2 aromatic carbocycles. The molecule has 25 heavy (non-hydrogen) atoms. The van der Waals surface area contributed by atoms with Gasteiger partial charge in [0.25, 0.3) is 5.91 Å². The van der Waals surface area contributed by atoms with Gasteiger partial charge in [0, 0.05) is 18.7 Å². The van der Waals surface area contributed by atoms with Gasteiger partial charge in [0.2, 0.25) is 0 Å². The first-order chi connectivity index (χ1) is 12.1. The Morgan fingerprint density at radius 1 is 1.24 bits per heavy atom. The van der Waals surface area contributed by atoms with Crippen LogP contribution in [0.25, 0.3) is 10.2 Å². The van der Waals surface area contributed by atoms with Gasteiger partial charge in [-0.05, 0) is 30.3 Å². The number of nitrogens with zero attached hydrogens (tertiary/aromatic N) is 2. The fourth-order valence-corrected chi connectivity index (χ4v) is 3.73. The van der Waals surface area contributed by atoms with E-state index in [2.05, 4.69) is 4.99 Å². The van der Waals surface area contributed by atoms with Gasteiger partial charge >= 0.3 is 0 Å². The fraction of sp³-hybridized carbons (Fsp3) is 0.222. The van der Waals surface area contributed by atoms with Crippen molar-refractivity contribution in [3.63, 3.8) is 0 Å². The number of methoxy groups -OCH3 is 2. The molecule has 5 nitrogen and oxygen atoms in total. The van der Waals surface area contributed by atoms with Crippen molar-refractivity contribution in [2.75, 3.05) is 20.8 Å². The minimum atomic E-state index is -0.392. The largest absolute Gasteiger partial charge is 0.496 e. The molecule has 130 valence electrons. The predicted octanol–water partition coefficient (Wildman–Crippen LogP) is 3.75. The molecule has 0 aliphatic heterocycles. The molecule has 1 heterocycles. The van der Waals surface area contributed by atoms with E-state index in [1.807, 2.05) is 28.8 Å². The Kier molecular flexibility index (Phi) is 5.53. The van der Waals surface area contributed by atoms with E-state index in [1.54, 1.807) is 25.3 Å². The molecule has 1 amide bonds. The summed E-state index contributed by atoms with van der Waals surface area (Å²) in [5.41, 5.74) is 1.36. The molecule has 0 unspecified atom stereocenters. The van der Waals surface area contributed by atoms with E-state index in [0.717, 1.165) is 10.2 Å². The minimum absolute atomic E-state index is 0.339. The number of carbonyl (C=O) groups is 1. The molecular formula is C18H17ClN2O3S. The number of amides is 1. The van der Waals surface area contributed by atoms with Gasteiger partial charge in [-0.2, -0.15) is 4.99 Å². The maximum Gasteiger partial charge on any atom is 0.283 e. The SMILES string of the molecule is COCCn1/c(=N/C(=O)c2cc(Cl)ccc2OC)sc2ccccc21. The fourth-order valence-electron chi connectivity index (χ4n) is 2.50. The Labute approximate surface area is 154 Å². The number of carbonyl (C=O) groups excluding carboxylic acids is 1. The highest BCUT2D eigenvalue weighted by atomic mass is 35.5. The van der Waals surface area contributed by atoms with E-state index in [-0.39, 0.29) is 0 Å². The summed E-state index contributed by atoms with van der Waals surface area (Å²) in [6.07, 6.45) is 0. The van der Waals surface area contributed by atoms with Crippen LogP contribution in [-0.4, -0.2) is 31.3 Å². The summed E-state index contributed by atoms with van der Waals surface area (Å²) in [5.74, 6) is 0.0553. The maximum atomic E-state index is 12.7. The molecule has 0 spiro atoms. The van der Waals surface area contributed by atoms with E-state index >= 15 is 0 Å². The number of rotatable bonds is 5. The molecule has 0 fully saturated rings. The van der Waals surface area contributed by atoms with Crippen molar-refractivity contribution in [2.45, 2.75) is 6.54 Å². The van der Waals surface area contributed by atoms with E-state index in [9.17, 15) is 4.79 Å². The third-order valence-corrected chi connectivity index (χ3v) is 4.99. The van der Waals surface area contributed by atoms with Gasteiger partial charge in [0.05, 0.1) is 29.5 Å². The molecule has 1 aromatic heterocycles. The lowest BCUT2D eigenvalue weighted by molar-refractivity contribution is 0.0994. The van der Waals surface area contributed by atoms with Crippen molar-refractivity contribution < 1.29 is 14.3 Å². The van der Waals surface area contributed by atoms with Crippen LogP contribution in [0.5, 0.6) is 5.75 Å². The number of hydrogen-bond acceptors (Lipinski definition) is 4. The molecule has 0 N–H and O–H groups in total. The van der Waals surface area contributed by atoms with Gasteiger partial charge in [0.1, 0.15) is 5.75 Å². The second kappa shape index (κ2) is 7.82. The lowest BCUT2D eigenvalue weighted by Gasteiger charge is -2.06. The summed E-state index contributed by atoms with van der Waals surface area (Å²) in [4.78, 5) is 17.6. The molecule has 0 aliphatic rings. The number of benzene rings is 2. The van der Waals surface area contributed by atoms with Crippen LogP contribution in [0, 0.1) is 0 Å². The molecule has 0 radical (unpaired) electrons. The zero-order valence-corrected chi connectivity index (χ0v) is 15.4. The summed E-state index contributed by atoms with van der Waals surface area (Å²) in [6, 6.07) is 12.8. The lowest BCUT2D eigenvalue weighted by atomic mass is 10.2. The molecule has 3 aromatic rings. The Hall–Kier alpha value is -2.15. The number of thiazole rings is 1. The first kappa shape index (κ1) is 17.7. The van der Waals surface area contributed by atoms with E-state index in [0.29, 0.717) is 34.3 Å². The Morgan fingerprint density at radius 2 is 2.04 bits per heavy atom. The van der Waals surface area contributed by atoms with Crippen LogP contribution in [0.15, 0.2) is 47.5 Å². The van der Waals surface area contributed by atoms with Crippen LogP contribution in [-0.2, 0) is 11.3 Å². The first-order valence-corrected chi connectivity index (χ1v) is 8.83. The topological polar surface area (TPSA) is 52.8 Å². The molecule has 0 bridgehead atoms. The first-order valence-electron chi connectivity index (χ1n) is 7.64. The number of hydrogen-bond donors (Lipinski definition) is 0. The monoisotopic (exact) mass is 376 g/mol. The molecule has 3 rings (SSSR count). The van der Waals surface area contributed by atoms with Crippen LogP contribution in [0.3, 0.4) is 0 Å².